The Morgan fingerprint density at radius 1 is 1.35 bits per heavy atom. The molecule has 1 aliphatic heterocycles. The van der Waals surface area contributed by atoms with Crippen molar-refractivity contribution >= 4 is 0 Å². The van der Waals surface area contributed by atoms with Gasteiger partial charge in [0.2, 0.25) is 5.82 Å². The third-order valence-corrected chi connectivity index (χ3v) is 4.84. The van der Waals surface area contributed by atoms with Crippen molar-refractivity contribution < 1.29 is 14.4 Å². The molecule has 1 aromatic heterocycles. The molecule has 112 valence electrons. The summed E-state index contributed by atoms with van der Waals surface area (Å²) in [5.74, 6) is 1.61. The van der Waals surface area contributed by atoms with E-state index in [1.807, 2.05) is 0 Å². The van der Waals surface area contributed by atoms with Gasteiger partial charge in [-0.15, -0.1) is 0 Å². The van der Waals surface area contributed by atoms with Gasteiger partial charge < -0.3 is 19.7 Å². The van der Waals surface area contributed by atoms with Gasteiger partial charge in [0.05, 0.1) is 0 Å². The van der Waals surface area contributed by atoms with Crippen molar-refractivity contribution in [3.63, 3.8) is 0 Å². The third-order valence-electron chi connectivity index (χ3n) is 4.84. The van der Waals surface area contributed by atoms with E-state index in [1.165, 1.54) is 0 Å². The Hall–Kier alpha value is -0.980. The van der Waals surface area contributed by atoms with Gasteiger partial charge in [-0.2, -0.15) is 4.98 Å². The highest BCUT2D eigenvalue weighted by Gasteiger charge is 2.44. The molecule has 0 aromatic carbocycles. The predicted molar refractivity (Wildman–Crippen MR) is 72.0 cm³/mol. The van der Waals surface area contributed by atoms with Crippen molar-refractivity contribution in [2.45, 2.75) is 50.2 Å². The number of ether oxygens (including phenoxy) is 1. The first-order chi connectivity index (χ1) is 9.58. The monoisotopic (exact) mass is 281 g/mol. The van der Waals surface area contributed by atoms with Gasteiger partial charge in [0.25, 0.3) is 5.89 Å². The van der Waals surface area contributed by atoms with E-state index in [2.05, 4.69) is 22.4 Å². The summed E-state index contributed by atoms with van der Waals surface area (Å²) in [6.45, 7) is 3.49. The van der Waals surface area contributed by atoms with Crippen LogP contribution in [0.15, 0.2) is 4.52 Å². The largest absolute Gasteiger partial charge is 0.379 e. The molecule has 0 bridgehead atoms. The zero-order valence-electron chi connectivity index (χ0n) is 12.2. The van der Waals surface area contributed by atoms with E-state index in [9.17, 15) is 5.11 Å². The molecule has 3 rings (SSSR count). The molecule has 6 heteroatoms. The first-order valence-corrected chi connectivity index (χ1v) is 7.41. The highest BCUT2D eigenvalue weighted by Crippen LogP contribution is 2.41. The van der Waals surface area contributed by atoms with E-state index in [0.717, 1.165) is 32.2 Å². The summed E-state index contributed by atoms with van der Waals surface area (Å²) in [5.41, 5.74) is -1.47. The minimum atomic E-state index is -1.03. The van der Waals surface area contributed by atoms with E-state index < -0.39 is 11.2 Å². The molecule has 1 saturated carbocycles. The van der Waals surface area contributed by atoms with Gasteiger partial charge in [0.15, 0.2) is 5.60 Å². The number of hydrogen-bond donors (Lipinski definition) is 2. The minimum Gasteiger partial charge on any atom is -0.379 e. The van der Waals surface area contributed by atoms with E-state index in [4.69, 9.17) is 9.26 Å². The maximum absolute atomic E-state index is 10.5. The van der Waals surface area contributed by atoms with Crippen LogP contribution < -0.4 is 5.32 Å². The lowest BCUT2D eigenvalue weighted by molar-refractivity contribution is -0.0609. The molecule has 6 nitrogen and oxygen atoms in total. The number of aromatic nitrogens is 2. The van der Waals surface area contributed by atoms with E-state index >= 15 is 0 Å². The van der Waals surface area contributed by atoms with Crippen molar-refractivity contribution in [3.05, 3.63) is 11.7 Å². The van der Waals surface area contributed by atoms with Crippen molar-refractivity contribution in [2.75, 3.05) is 20.2 Å². The number of nitrogens with zero attached hydrogens (tertiary/aromatic N) is 2. The lowest BCUT2D eigenvalue weighted by Gasteiger charge is -2.35. The number of nitrogens with one attached hydrogen (secondary N) is 1. The van der Waals surface area contributed by atoms with Gasteiger partial charge in [0.1, 0.15) is 5.60 Å². The van der Waals surface area contributed by atoms with Gasteiger partial charge in [-0.3, -0.25) is 0 Å². The summed E-state index contributed by atoms with van der Waals surface area (Å²) in [6.07, 6.45) is 4.61. The fraction of sp³-hybridized carbons (Fsp3) is 0.857. The highest BCUT2D eigenvalue weighted by molar-refractivity contribution is 5.09. The van der Waals surface area contributed by atoms with E-state index in [0.29, 0.717) is 30.6 Å². The fourth-order valence-corrected chi connectivity index (χ4v) is 3.21. The Balaban J connectivity index is 1.85. The van der Waals surface area contributed by atoms with Crippen molar-refractivity contribution in [3.8, 4) is 0 Å². The number of β-amino-alcohol motifs (C(OH)–C–C–N with tert-alkyl or cyclic N) is 1. The molecule has 1 aliphatic carbocycles. The van der Waals surface area contributed by atoms with Gasteiger partial charge >= 0.3 is 0 Å². The van der Waals surface area contributed by atoms with Crippen LogP contribution in [0.1, 0.15) is 50.7 Å². The van der Waals surface area contributed by atoms with Crippen LogP contribution in [0.4, 0.5) is 0 Å². The smallest absolute Gasteiger partial charge is 0.260 e. The van der Waals surface area contributed by atoms with E-state index in [-0.39, 0.29) is 0 Å². The third kappa shape index (κ3) is 2.25. The normalized spacial score (nSPS) is 38.2. The second-order valence-electron chi connectivity index (χ2n) is 6.26. The molecular weight excluding hydrogens is 258 g/mol. The summed E-state index contributed by atoms with van der Waals surface area (Å²) in [4.78, 5) is 4.46. The van der Waals surface area contributed by atoms with Crippen LogP contribution >= 0.6 is 0 Å². The molecule has 0 spiro atoms. The molecule has 1 saturated heterocycles. The Morgan fingerprint density at radius 3 is 2.70 bits per heavy atom. The molecule has 2 N–H and O–H groups in total. The molecule has 1 aromatic rings. The van der Waals surface area contributed by atoms with Crippen LogP contribution in [0.2, 0.25) is 0 Å². The Labute approximate surface area is 118 Å². The van der Waals surface area contributed by atoms with Crippen LogP contribution in [-0.4, -0.2) is 35.4 Å². The second-order valence-corrected chi connectivity index (χ2v) is 6.26. The molecule has 1 unspecified atom stereocenters. The minimum absolute atomic E-state index is 0.313. The van der Waals surface area contributed by atoms with Crippen molar-refractivity contribution in [1.82, 2.24) is 15.5 Å². The van der Waals surface area contributed by atoms with Gasteiger partial charge in [0, 0.05) is 13.7 Å². The Bertz CT molecular complexity index is 460. The quantitative estimate of drug-likeness (QED) is 0.869. The summed E-state index contributed by atoms with van der Waals surface area (Å²) in [5, 5.41) is 17.7. The molecule has 0 radical (unpaired) electrons. The number of rotatable bonds is 3. The van der Waals surface area contributed by atoms with Crippen LogP contribution in [0, 0.1) is 5.92 Å². The zero-order chi connectivity index (χ0) is 14.2. The maximum atomic E-state index is 10.5. The summed E-state index contributed by atoms with van der Waals surface area (Å²) >= 11 is 0. The van der Waals surface area contributed by atoms with Crippen LogP contribution in [-0.2, 0) is 15.9 Å². The predicted octanol–water partition coefficient (Wildman–Crippen LogP) is 1.30. The zero-order valence-corrected chi connectivity index (χ0v) is 12.2. The van der Waals surface area contributed by atoms with E-state index in [1.54, 1.807) is 7.11 Å². The summed E-state index contributed by atoms with van der Waals surface area (Å²) in [6, 6.07) is 0. The molecule has 2 fully saturated rings. The van der Waals surface area contributed by atoms with Crippen LogP contribution in [0.3, 0.4) is 0 Å². The average Bonchev–Trinajstić information content (AvgIpc) is 3.10. The Kier molecular flexibility index (Phi) is 3.56. The first kappa shape index (κ1) is 14.0. The maximum Gasteiger partial charge on any atom is 0.260 e. The molecule has 2 aliphatic rings. The topological polar surface area (TPSA) is 80.4 Å². The number of methoxy groups -OCH3 is 1. The van der Waals surface area contributed by atoms with Crippen molar-refractivity contribution in [2.24, 2.45) is 5.92 Å². The summed E-state index contributed by atoms with van der Waals surface area (Å²) < 4.78 is 11.1. The van der Waals surface area contributed by atoms with Gasteiger partial charge in [-0.25, -0.2) is 0 Å². The molecule has 1 atom stereocenters. The van der Waals surface area contributed by atoms with Crippen molar-refractivity contribution in [1.29, 1.82) is 0 Å². The highest BCUT2D eigenvalue weighted by atomic mass is 16.5. The number of aliphatic hydroxyl groups is 1. The van der Waals surface area contributed by atoms with Gasteiger partial charge in [-0.1, -0.05) is 12.1 Å². The molecular formula is C14H23N3O3. The first-order valence-electron chi connectivity index (χ1n) is 7.41. The SMILES string of the molecule is COC1(c2noc(C3(O)CCNC3)n2)CCC(C)CC1. The molecule has 20 heavy (non-hydrogen) atoms. The number of hydrogen-bond acceptors (Lipinski definition) is 6. The lowest BCUT2D eigenvalue weighted by Crippen LogP contribution is -2.35. The standard InChI is InChI=1S/C14H23N3O3/c1-10-3-5-14(19-2,6-4-10)11-16-12(20-17-11)13(18)7-8-15-9-13/h10,15,18H,3-9H2,1-2H3. The summed E-state index contributed by atoms with van der Waals surface area (Å²) in [7, 11) is 1.71. The lowest BCUT2D eigenvalue weighted by atomic mass is 9.79. The Morgan fingerprint density at radius 2 is 2.10 bits per heavy atom. The van der Waals surface area contributed by atoms with Crippen LogP contribution in [0.5, 0.6) is 0 Å². The average molecular weight is 281 g/mol. The molecule has 0 amide bonds. The van der Waals surface area contributed by atoms with Gasteiger partial charge in [-0.05, 0) is 44.6 Å². The second kappa shape index (κ2) is 5.09. The fourth-order valence-electron chi connectivity index (χ4n) is 3.21. The van der Waals surface area contributed by atoms with Crippen LogP contribution in [0.25, 0.3) is 0 Å². The molecule has 2 heterocycles.